The molecule has 0 aromatic heterocycles. The summed E-state index contributed by atoms with van der Waals surface area (Å²) in [6.45, 7) is 0.428. The van der Waals surface area contributed by atoms with E-state index in [0.29, 0.717) is 28.6 Å². The Labute approximate surface area is 174 Å². The number of hydrogen-bond acceptors (Lipinski definition) is 3. The molecule has 0 aliphatic heterocycles. The van der Waals surface area contributed by atoms with Crippen LogP contribution in [0.1, 0.15) is 15.9 Å². The van der Waals surface area contributed by atoms with Crippen LogP contribution in [0.3, 0.4) is 0 Å². The number of benzene rings is 3. The Morgan fingerprint density at radius 1 is 0.862 bits per heavy atom. The SMILES string of the molecule is O=C(COc1ccc(C(=O)NCCc2ccccc2)cc1)Nc1ccc(Cl)cc1. The van der Waals surface area contributed by atoms with Crippen molar-refractivity contribution in [2.75, 3.05) is 18.5 Å². The van der Waals surface area contributed by atoms with Crippen LogP contribution in [-0.4, -0.2) is 25.0 Å². The van der Waals surface area contributed by atoms with Crippen molar-refractivity contribution in [3.63, 3.8) is 0 Å². The summed E-state index contributed by atoms with van der Waals surface area (Å²) in [5.41, 5.74) is 2.36. The molecule has 3 rings (SSSR count). The molecule has 0 atom stereocenters. The molecule has 0 radical (unpaired) electrons. The van der Waals surface area contributed by atoms with Crippen molar-refractivity contribution in [2.45, 2.75) is 6.42 Å². The third-order valence-electron chi connectivity index (χ3n) is 4.16. The highest BCUT2D eigenvalue weighted by atomic mass is 35.5. The highest BCUT2D eigenvalue weighted by Crippen LogP contribution is 2.14. The lowest BCUT2D eigenvalue weighted by atomic mass is 10.1. The summed E-state index contributed by atoms with van der Waals surface area (Å²) in [7, 11) is 0. The summed E-state index contributed by atoms with van der Waals surface area (Å²) in [6.07, 6.45) is 0.774. The van der Waals surface area contributed by atoms with E-state index in [1.807, 2.05) is 30.3 Å². The molecule has 148 valence electrons. The highest BCUT2D eigenvalue weighted by Gasteiger charge is 2.07. The lowest BCUT2D eigenvalue weighted by Gasteiger charge is -2.09. The molecule has 29 heavy (non-hydrogen) atoms. The normalized spacial score (nSPS) is 10.2. The van der Waals surface area contributed by atoms with Crippen LogP contribution in [-0.2, 0) is 11.2 Å². The lowest BCUT2D eigenvalue weighted by Crippen LogP contribution is -2.25. The standard InChI is InChI=1S/C23H21ClN2O3/c24-19-8-10-20(11-9-19)26-22(27)16-29-21-12-6-18(7-13-21)23(28)25-15-14-17-4-2-1-3-5-17/h1-13H,14-16H2,(H,25,28)(H,26,27). The zero-order chi connectivity index (χ0) is 20.5. The number of carbonyl (C=O) groups excluding carboxylic acids is 2. The number of rotatable bonds is 8. The van der Waals surface area contributed by atoms with Gasteiger partial charge in [-0.15, -0.1) is 0 Å². The van der Waals surface area contributed by atoms with Crippen LogP contribution in [0.15, 0.2) is 78.9 Å². The van der Waals surface area contributed by atoms with Crippen molar-refractivity contribution >= 4 is 29.1 Å². The fourth-order valence-corrected chi connectivity index (χ4v) is 2.77. The second-order valence-corrected chi connectivity index (χ2v) is 6.80. The van der Waals surface area contributed by atoms with Crippen molar-refractivity contribution in [3.8, 4) is 5.75 Å². The Balaban J connectivity index is 1.42. The van der Waals surface area contributed by atoms with Crippen LogP contribution in [0.2, 0.25) is 5.02 Å². The first-order valence-corrected chi connectivity index (χ1v) is 9.58. The fraction of sp³-hybridized carbons (Fsp3) is 0.130. The van der Waals surface area contributed by atoms with Crippen LogP contribution in [0.25, 0.3) is 0 Å². The topological polar surface area (TPSA) is 67.4 Å². The van der Waals surface area contributed by atoms with Crippen molar-refractivity contribution in [1.82, 2.24) is 5.32 Å². The van der Waals surface area contributed by atoms with E-state index in [1.165, 1.54) is 5.56 Å². The number of ether oxygens (including phenoxy) is 1. The Hall–Kier alpha value is -3.31. The molecular formula is C23H21ClN2O3. The molecule has 0 saturated carbocycles. The average molecular weight is 409 g/mol. The van der Waals surface area contributed by atoms with Crippen LogP contribution in [0.4, 0.5) is 5.69 Å². The van der Waals surface area contributed by atoms with Gasteiger partial charge in [-0.3, -0.25) is 9.59 Å². The minimum absolute atomic E-state index is 0.134. The Bertz CT molecular complexity index is 942. The van der Waals surface area contributed by atoms with Gasteiger partial charge < -0.3 is 15.4 Å². The Kier molecular flexibility index (Phi) is 7.25. The zero-order valence-electron chi connectivity index (χ0n) is 15.7. The predicted octanol–water partition coefficient (Wildman–Crippen LogP) is 4.33. The number of halogens is 1. The molecule has 3 aromatic rings. The predicted molar refractivity (Wildman–Crippen MR) is 114 cm³/mol. The summed E-state index contributed by atoms with van der Waals surface area (Å²) in [4.78, 5) is 24.2. The Morgan fingerprint density at radius 2 is 1.55 bits per heavy atom. The van der Waals surface area contributed by atoms with Crippen LogP contribution < -0.4 is 15.4 Å². The van der Waals surface area contributed by atoms with E-state index in [2.05, 4.69) is 10.6 Å². The van der Waals surface area contributed by atoms with E-state index in [4.69, 9.17) is 16.3 Å². The van der Waals surface area contributed by atoms with E-state index in [1.54, 1.807) is 48.5 Å². The van der Waals surface area contributed by atoms with Crippen molar-refractivity contribution in [3.05, 3.63) is 95.0 Å². The minimum Gasteiger partial charge on any atom is -0.484 e. The molecule has 2 amide bonds. The van der Waals surface area contributed by atoms with Crippen LogP contribution >= 0.6 is 11.6 Å². The molecule has 0 bridgehead atoms. The smallest absolute Gasteiger partial charge is 0.262 e. The maximum Gasteiger partial charge on any atom is 0.262 e. The van der Waals surface area contributed by atoms with Crippen molar-refractivity contribution < 1.29 is 14.3 Å². The van der Waals surface area contributed by atoms with E-state index in [-0.39, 0.29) is 18.4 Å². The number of hydrogen-bond donors (Lipinski definition) is 2. The third-order valence-corrected chi connectivity index (χ3v) is 4.41. The second-order valence-electron chi connectivity index (χ2n) is 6.36. The third kappa shape index (κ3) is 6.66. The molecule has 0 fully saturated rings. The molecule has 0 saturated heterocycles. The summed E-state index contributed by atoms with van der Waals surface area (Å²) in [5, 5.41) is 6.21. The first-order valence-electron chi connectivity index (χ1n) is 9.20. The van der Waals surface area contributed by atoms with Crippen LogP contribution in [0.5, 0.6) is 5.75 Å². The fourth-order valence-electron chi connectivity index (χ4n) is 2.65. The summed E-state index contributed by atoms with van der Waals surface area (Å²) in [6, 6.07) is 23.5. The highest BCUT2D eigenvalue weighted by molar-refractivity contribution is 6.30. The Morgan fingerprint density at radius 3 is 2.24 bits per heavy atom. The monoisotopic (exact) mass is 408 g/mol. The summed E-state index contributed by atoms with van der Waals surface area (Å²) >= 11 is 5.81. The first kappa shape index (κ1) is 20.4. The summed E-state index contributed by atoms with van der Waals surface area (Å²) in [5.74, 6) is 0.0834. The summed E-state index contributed by atoms with van der Waals surface area (Å²) < 4.78 is 5.47. The van der Waals surface area contributed by atoms with Gasteiger partial charge >= 0.3 is 0 Å². The van der Waals surface area contributed by atoms with E-state index >= 15 is 0 Å². The van der Waals surface area contributed by atoms with Gasteiger partial charge in [0.15, 0.2) is 6.61 Å². The van der Waals surface area contributed by atoms with E-state index in [9.17, 15) is 9.59 Å². The average Bonchev–Trinajstić information content (AvgIpc) is 2.75. The number of anilines is 1. The van der Waals surface area contributed by atoms with Gasteiger partial charge in [-0.2, -0.15) is 0 Å². The zero-order valence-corrected chi connectivity index (χ0v) is 16.5. The molecule has 0 aliphatic carbocycles. The quantitative estimate of drug-likeness (QED) is 0.583. The van der Waals surface area contributed by atoms with E-state index in [0.717, 1.165) is 6.42 Å². The molecule has 2 N–H and O–H groups in total. The molecule has 6 heteroatoms. The van der Waals surface area contributed by atoms with Gasteiger partial charge in [0.25, 0.3) is 11.8 Å². The van der Waals surface area contributed by atoms with Gasteiger partial charge in [0.05, 0.1) is 0 Å². The van der Waals surface area contributed by atoms with Crippen molar-refractivity contribution in [2.24, 2.45) is 0 Å². The molecule has 0 unspecified atom stereocenters. The van der Waals surface area contributed by atoms with Gasteiger partial charge in [-0.25, -0.2) is 0 Å². The van der Waals surface area contributed by atoms with Gasteiger partial charge in [0, 0.05) is 22.8 Å². The molecule has 0 heterocycles. The minimum atomic E-state index is -0.282. The maximum atomic E-state index is 12.2. The second kappa shape index (κ2) is 10.3. The van der Waals surface area contributed by atoms with E-state index < -0.39 is 0 Å². The number of nitrogens with one attached hydrogen (secondary N) is 2. The molecule has 3 aromatic carbocycles. The van der Waals surface area contributed by atoms with Gasteiger partial charge in [-0.05, 0) is 60.5 Å². The molecule has 0 spiro atoms. The number of amides is 2. The molecule has 0 aliphatic rings. The molecule has 5 nitrogen and oxygen atoms in total. The van der Waals surface area contributed by atoms with Gasteiger partial charge in [0.2, 0.25) is 0 Å². The molecular weight excluding hydrogens is 388 g/mol. The maximum absolute atomic E-state index is 12.2. The van der Waals surface area contributed by atoms with Gasteiger partial charge in [0.1, 0.15) is 5.75 Å². The van der Waals surface area contributed by atoms with Crippen LogP contribution in [0, 0.1) is 0 Å². The number of carbonyl (C=O) groups is 2. The largest absolute Gasteiger partial charge is 0.484 e. The first-order chi connectivity index (χ1) is 14.1. The van der Waals surface area contributed by atoms with Gasteiger partial charge in [-0.1, -0.05) is 41.9 Å². The van der Waals surface area contributed by atoms with Crippen molar-refractivity contribution in [1.29, 1.82) is 0 Å². The lowest BCUT2D eigenvalue weighted by molar-refractivity contribution is -0.118.